The average molecular weight is 415 g/mol. The molecule has 1 aromatic heterocycles. The average Bonchev–Trinajstić information content (AvgIpc) is 3.23. The van der Waals surface area contributed by atoms with Gasteiger partial charge in [-0.3, -0.25) is 9.59 Å². The Labute approximate surface area is 179 Å². The molecule has 156 valence electrons. The summed E-state index contributed by atoms with van der Waals surface area (Å²) in [5.74, 6) is 0.735. The zero-order valence-corrected chi connectivity index (χ0v) is 17.2. The fourth-order valence-corrected chi connectivity index (χ4v) is 3.25. The van der Waals surface area contributed by atoms with Gasteiger partial charge in [0, 0.05) is 23.9 Å². The predicted molar refractivity (Wildman–Crippen MR) is 118 cm³/mol. The summed E-state index contributed by atoms with van der Waals surface area (Å²) >= 11 is 0. The lowest BCUT2D eigenvalue weighted by atomic mass is 10.1. The molecule has 0 saturated carbocycles. The largest absolute Gasteiger partial charge is 0.497 e. The fourth-order valence-electron chi connectivity index (χ4n) is 3.25. The van der Waals surface area contributed by atoms with E-state index in [4.69, 9.17) is 9.26 Å². The lowest BCUT2D eigenvalue weighted by Gasteiger charge is -2.17. The number of amides is 2. The molecule has 0 fully saturated rings. The number of hydrogen-bond donors (Lipinski definition) is 1. The second-order valence-electron chi connectivity index (χ2n) is 7.05. The molecule has 4 aromatic rings. The van der Waals surface area contributed by atoms with Gasteiger partial charge in [0.05, 0.1) is 19.0 Å². The Balaban J connectivity index is 1.48. The molecule has 0 bridgehead atoms. The highest BCUT2D eigenvalue weighted by atomic mass is 16.5. The fraction of sp³-hybridized carbons (Fsp3) is 0.125. The van der Waals surface area contributed by atoms with Gasteiger partial charge in [-0.15, -0.1) is 0 Å². The minimum absolute atomic E-state index is 0.0852. The molecule has 2 amide bonds. The lowest BCUT2D eigenvalue weighted by molar-refractivity contribution is -0.116. The Morgan fingerprint density at radius 2 is 1.77 bits per heavy atom. The first kappa shape index (κ1) is 20.2. The number of likely N-dealkylation sites (N-methyl/N-ethyl adjacent to an activating group) is 1. The molecule has 0 spiro atoms. The maximum atomic E-state index is 12.9. The van der Waals surface area contributed by atoms with Crippen molar-refractivity contribution in [1.82, 2.24) is 10.1 Å². The van der Waals surface area contributed by atoms with Crippen molar-refractivity contribution in [2.24, 2.45) is 0 Å². The van der Waals surface area contributed by atoms with E-state index in [9.17, 15) is 9.59 Å². The molecule has 1 heterocycles. The number of ether oxygens (including phenoxy) is 1. The molecule has 0 saturated heterocycles. The van der Waals surface area contributed by atoms with Crippen LogP contribution in [0.2, 0.25) is 0 Å². The third kappa shape index (κ3) is 4.40. The van der Waals surface area contributed by atoms with Gasteiger partial charge in [0.1, 0.15) is 11.3 Å². The highest BCUT2D eigenvalue weighted by Crippen LogP contribution is 2.29. The Morgan fingerprint density at radius 3 is 2.48 bits per heavy atom. The van der Waals surface area contributed by atoms with Crippen molar-refractivity contribution in [3.8, 4) is 17.1 Å². The van der Waals surface area contributed by atoms with Gasteiger partial charge in [0.15, 0.2) is 5.76 Å². The number of fused-ring (bicyclic) bond motifs is 1. The predicted octanol–water partition coefficient (Wildman–Crippen LogP) is 4.21. The molecule has 0 aliphatic heterocycles. The van der Waals surface area contributed by atoms with Crippen molar-refractivity contribution in [2.75, 3.05) is 26.0 Å². The lowest BCUT2D eigenvalue weighted by Crippen LogP contribution is -2.34. The SMILES string of the molecule is COc1ccc(NC(=O)CN(C)C(=O)c2ccc3noc(-c4ccccc4)c3c2)cc1. The van der Waals surface area contributed by atoms with Crippen LogP contribution in [0.1, 0.15) is 10.4 Å². The standard InChI is InChI=1S/C24H21N3O4/c1-27(15-22(28)25-18-9-11-19(30-2)12-10-18)24(29)17-8-13-21-20(14-17)23(31-26-21)16-6-4-3-5-7-16/h3-14H,15H2,1-2H3,(H,25,28). The number of methoxy groups -OCH3 is 1. The maximum absolute atomic E-state index is 12.9. The summed E-state index contributed by atoms with van der Waals surface area (Å²) in [6.07, 6.45) is 0. The third-order valence-electron chi connectivity index (χ3n) is 4.86. The molecule has 7 heteroatoms. The summed E-state index contributed by atoms with van der Waals surface area (Å²) in [6.45, 7) is -0.0852. The van der Waals surface area contributed by atoms with Gasteiger partial charge in [-0.2, -0.15) is 0 Å². The van der Waals surface area contributed by atoms with E-state index < -0.39 is 0 Å². The number of nitrogens with one attached hydrogen (secondary N) is 1. The van der Waals surface area contributed by atoms with Crippen LogP contribution < -0.4 is 10.1 Å². The summed E-state index contributed by atoms with van der Waals surface area (Å²) in [4.78, 5) is 26.6. The van der Waals surface area contributed by atoms with Crippen molar-refractivity contribution < 1.29 is 18.8 Å². The molecule has 1 N–H and O–H groups in total. The summed E-state index contributed by atoms with van der Waals surface area (Å²) in [6, 6.07) is 21.7. The smallest absolute Gasteiger partial charge is 0.254 e. The molecule has 31 heavy (non-hydrogen) atoms. The van der Waals surface area contributed by atoms with E-state index in [0.29, 0.717) is 28.3 Å². The van der Waals surface area contributed by atoms with Gasteiger partial charge in [-0.05, 0) is 42.5 Å². The van der Waals surface area contributed by atoms with Gasteiger partial charge in [0.2, 0.25) is 5.91 Å². The van der Waals surface area contributed by atoms with Crippen LogP contribution in [0.25, 0.3) is 22.2 Å². The molecule has 0 aliphatic carbocycles. The first-order valence-corrected chi connectivity index (χ1v) is 9.69. The highest BCUT2D eigenvalue weighted by Gasteiger charge is 2.18. The van der Waals surface area contributed by atoms with E-state index in [1.54, 1.807) is 56.6 Å². The van der Waals surface area contributed by atoms with Crippen LogP contribution in [0.5, 0.6) is 5.75 Å². The number of rotatable bonds is 6. The van der Waals surface area contributed by atoms with Crippen molar-refractivity contribution >= 4 is 28.4 Å². The minimum Gasteiger partial charge on any atom is -0.497 e. The van der Waals surface area contributed by atoms with Gasteiger partial charge in [0.25, 0.3) is 5.91 Å². The number of hydrogen-bond acceptors (Lipinski definition) is 5. The van der Waals surface area contributed by atoms with E-state index in [2.05, 4.69) is 10.5 Å². The topological polar surface area (TPSA) is 84.7 Å². The van der Waals surface area contributed by atoms with Crippen LogP contribution in [0, 0.1) is 0 Å². The van der Waals surface area contributed by atoms with Gasteiger partial charge < -0.3 is 19.5 Å². The zero-order chi connectivity index (χ0) is 21.8. The first-order valence-electron chi connectivity index (χ1n) is 9.69. The number of anilines is 1. The van der Waals surface area contributed by atoms with E-state index in [1.165, 1.54) is 4.90 Å². The summed E-state index contributed by atoms with van der Waals surface area (Å²) in [5, 5.41) is 7.59. The van der Waals surface area contributed by atoms with Gasteiger partial charge in [-0.1, -0.05) is 35.5 Å². The number of carbonyl (C=O) groups is 2. The van der Waals surface area contributed by atoms with E-state index in [-0.39, 0.29) is 18.4 Å². The Bertz CT molecular complexity index is 1220. The number of benzene rings is 3. The maximum Gasteiger partial charge on any atom is 0.254 e. The number of nitrogens with zero attached hydrogens (tertiary/aromatic N) is 2. The molecule has 0 unspecified atom stereocenters. The Morgan fingerprint density at radius 1 is 1.03 bits per heavy atom. The molecule has 4 rings (SSSR count). The van der Waals surface area contributed by atoms with Crippen molar-refractivity contribution in [2.45, 2.75) is 0 Å². The summed E-state index contributed by atoms with van der Waals surface area (Å²) in [5.41, 5.74) is 2.62. The van der Waals surface area contributed by atoms with Gasteiger partial charge >= 0.3 is 0 Å². The van der Waals surface area contributed by atoms with Crippen LogP contribution in [0.15, 0.2) is 77.3 Å². The molecule has 3 aromatic carbocycles. The number of carbonyl (C=O) groups excluding carboxylic acids is 2. The van der Waals surface area contributed by atoms with Crippen LogP contribution in [0.3, 0.4) is 0 Å². The molecular formula is C24H21N3O4. The molecule has 0 aliphatic rings. The highest BCUT2D eigenvalue weighted by molar-refractivity contribution is 6.03. The van der Waals surface area contributed by atoms with Crippen LogP contribution >= 0.6 is 0 Å². The van der Waals surface area contributed by atoms with Crippen molar-refractivity contribution in [3.05, 3.63) is 78.4 Å². The van der Waals surface area contributed by atoms with E-state index in [0.717, 1.165) is 10.9 Å². The van der Waals surface area contributed by atoms with Crippen molar-refractivity contribution in [1.29, 1.82) is 0 Å². The van der Waals surface area contributed by atoms with E-state index in [1.807, 2.05) is 30.3 Å². The second-order valence-corrected chi connectivity index (χ2v) is 7.05. The van der Waals surface area contributed by atoms with Crippen LogP contribution in [-0.2, 0) is 4.79 Å². The minimum atomic E-state index is -0.294. The zero-order valence-electron chi connectivity index (χ0n) is 17.2. The molecule has 7 nitrogen and oxygen atoms in total. The monoisotopic (exact) mass is 415 g/mol. The molecule has 0 radical (unpaired) electrons. The first-order chi connectivity index (χ1) is 15.0. The molecule has 0 atom stereocenters. The third-order valence-corrected chi connectivity index (χ3v) is 4.86. The summed E-state index contributed by atoms with van der Waals surface area (Å²) < 4.78 is 10.6. The second kappa shape index (κ2) is 8.71. The Hall–Kier alpha value is -4.13. The van der Waals surface area contributed by atoms with Crippen LogP contribution in [-0.4, -0.2) is 42.6 Å². The van der Waals surface area contributed by atoms with Crippen LogP contribution in [0.4, 0.5) is 5.69 Å². The number of aromatic nitrogens is 1. The van der Waals surface area contributed by atoms with E-state index >= 15 is 0 Å². The normalized spacial score (nSPS) is 10.6. The molecular weight excluding hydrogens is 394 g/mol. The Kier molecular flexibility index (Phi) is 5.66. The van der Waals surface area contributed by atoms with Gasteiger partial charge in [-0.25, -0.2) is 0 Å². The summed E-state index contributed by atoms with van der Waals surface area (Å²) in [7, 11) is 3.17. The quantitative estimate of drug-likeness (QED) is 0.510. The van der Waals surface area contributed by atoms with Crippen molar-refractivity contribution in [3.63, 3.8) is 0 Å².